The third-order valence-electron chi connectivity index (χ3n) is 10.2. The first kappa shape index (κ1) is 21.4. The minimum atomic E-state index is -0.424. The third kappa shape index (κ3) is 4.28. The minimum Gasteiger partial charge on any atom is -0.456 e. The summed E-state index contributed by atoms with van der Waals surface area (Å²) >= 11 is 0. The minimum absolute atomic E-state index is 0.193. The van der Waals surface area contributed by atoms with Gasteiger partial charge in [0.15, 0.2) is 0 Å². The van der Waals surface area contributed by atoms with Gasteiger partial charge in [0.25, 0.3) is 0 Å². The highest BCUT2D eigenvalue weighted by Gasteiger charge is 2.18. The van der Waals surface area contributed by atoms with E-state index >= 15 is 0 Å². The Morgan fingerprint density at radius 3 is 1.51 bits per heavy atom. The second kappa shape index (κ2) is 10.9. The van der Waals surface area contributed by atoms with E-state index in [1.165, 1.54) is 0 Å². The average Bonchev–Trinajstić information content (AvgIpc) is 3.67. The summed E-state index contributed by atoms with van der Waals surface area (Å²) in [4.78, 5) is 0. The van der Waals surface area contributed by atoms with Gasteiger partial charge in [-0.15, -0.1) is 0 Å². The number of fused-ring (bicyclic) bond motifs is 9. The van der Waals surface area contributed by atoms with Crippen LogP contribution >= 0.6 is 0 Å². The fraction of sp³-hybridized carbons (Fsp3) is 0. The van der Waals surface area contributed by atoms with Gasteiger partial charge in [-0.25, -0.2) is 0 Å². The second-order valence-electron chi connectivity index (χ2n) is 13.0. The molecule has 0 N–H and O–H groups in total. The van der Waals surface area contributed by atoms with Crippen LogP contribution in [0.15, 0.2) is 186 Å². The Balaban J connectivity index is 1.20. The summed E-state index contributed by atoms with van der Waals surface area (Å²) < 4.78 is 78.9. The van der Waals surface area contributed by atoms with Crippen molar-refractivity contribution in [3.05, 3.63) is 182 Å². The van der Waals surface area contributed by atoms with Gasteiger partial charge in [0, 0.05) is 10.8 Å². The van der Waals surface area contributed by atoms with E-state index in [1.54, 1.807) is 0 Å². The van der Waals surface area contributed by atoms with Crippen LogP contribution < -0.4 is 0 Å². The van der Waals surface area contributed by atoms with Gasteiger partial charge in [0.1, 0.15) is 11.2 Å². The lowest BCUT2D eigenvalue weighted by atomic mass is 9.85. The van der Waals surface area contributed by atoms with Crippen LogP contribution in [-0.4, -0.2) is 0 Å². The Bertz CT molecular complexity index is 3580. The van der Waals surface area contributed by atoms with Gasteiger partial charge < -0.3 is 4.42 Å². The molecule has 1 heteroatoms. The molecule has 0 bridgehead atoms. The summed E-state index contributed by atoms with van der Waals surface area (Å²) in [6, 6.07) is 41.1. The first-order chi connectivity index (χ1) is 28.6. The van der Waals surface area contributed by atoms with E-state index in [1.807, 2.05) is 97.1 Å². The van der Waals surface area contributed by atoms with Gasteiger partial charge in [0.2, 0.25) is 0 Å². The fourth-order valence-corrected chi connectivity index (χ4v) is 7.94. The van der Waals surface area contributed by atoms with Crippen molar-refractivity contribution in [2.24, 2.45) is 0 Å². The largest absolute Gasteiger partial charge is 0.456 e. The molecule has 0 saturated carbocycles. The quantitative estimate of drug-likeness (QED) is 0.173. The molecule has 1 nitrogen and oxygen atoms in total. The molecule has 0 aliphatic rings. The van der Waals surface area contributed by atoms with Crippen molar-refractivity contribution >= 4 is 75.8 Å². The molecular weight excluding hydrogens is 617 g/mol. The molecule has 0 atom stereocenters. The zero-order chi connectivity index (χ0) is 40.4. The number of hydrogen-bond donors (Lipinski definition) is 0. The van der Waals surface area contributed by atoms with Crippen molar-refractivity contribution < 1.29 is 15.4 Å². The van der Waals surface area contributed by atoms with E-state index in [0.717, 1.165) is 65.4 Å². The SMILES string of the molecule is [2H]c1c([2H])c([2H])c2c(-c3ccc4cc(-c5cccc6oc7ccc8ccccc8c7c56)ccc4c3)c3c([2H])c([2H])c([2H])c([2H])c3c(-c3ccc4ccccc4c3)c2c1[2H]. The Morgan fingerprint density at radius 1 is 0.353 bits per heavy atom. The molecule has 1 aromatic heterocycles. The summed E-state index contributed by atoms with van der Waals surface area (Å²) in [6.45, 7) is 0. The molecule has 1 heterocycles. The van der Waals surface area contributed by atoms with Gasteiger partial charge in [-0.2, -0.15) is 0 Å². The summed E-state index contributed by atoms with van der Waals surface area (Å²) in [6.07, 6.45) is 0. The van der Waals surface area contributed by atoms with E-state index in [2.05, 4.69) is 36.4 Å². The zero-order valence-electron chi connectivity index (χ0n) is 35.1. The third-order valence-corrected chi connectivity index (χ3v) is 10.2. The van der Waals surface area contributed by atoms with Crippen LogP contribution in [0.5, 0.6) is 0 Å². The highest BCUT2D eigenvalue weighted by Crippen LogP contribution is 2.45. The standard InChI is InChI=1S/C50H30O/c1-2-12-33-29-37(24-20-31(33)10-1)47-41-14-5-7-16-43(41)48(44-17-8-6-15-42(44)47)38-25-22-34-28-36(23-21-35(34)30-38)40-18-9-19-45-50(40)49-39-13-4-3-11-32(39)26-27-46(49)51-45/h1-30H/i5D,6D,7D,8D,14D,15D,16D,17D. The second-order valence-corrected chi connectivity index (χ2v) is 13.0. The molecule has 0 unspecified atom stereocenters. The Hall–Kier alpha value is -6.70. The average molecular weight is 655 g/mol. The lowest BCUT2D eigenvalue weighted by Gasteiger charge is -2.18. The highest BCUT2D eigenvalue weighted by atomic mass is 16.3. The van der Waals surface area contributed by atoms with Crippen LogP contribution in [0.3, 0.4) is 0 Å². The molecule has 0 aliphatic heterocycles. The first-order valence-electron chi connectivity index (χ1n) is 20.9. The predicted molar refractivity (Wildman–Crippen MR) is 218 cm³/mol. The highest BCUT2D eigenvalue weighted by molar-refractivity contribution is 6.24. The molecule has 11 rings (SSSR count). The molecule has 51 heavy (non-hydrogen) atoms. The normalized spacial score (nSPS) is 14.1. The summed E-state index contributed by atoms with van der Waals surface area (Å²) in [5.41, 5.74) is 5.44. The van der Waals surface area contributed by atoms with E-state index < -0.39 is 24.2 Å². The van der Waals surface area contributed by atoms with Crippen molar-refractivity contribution in [2.45, 2.75) is 0 Å². The fourth-order valence-electron chi connectivity index (χ4n) is 7.94. The molecular formula is C50H30O. The smallest absolute Gasteiger partial charge is 0.136 e. The van der Waals surface area contributed by atoms with Crippen LogP contribution in [0.4, 0.5) is 0 Å². The number of hydrogen-bond acceptors (Lipinski definition) is 1. The van der Waals surface area contributed by atoms with E-state index in [4.69, 9.17) is 9.90 Å². The van der Waals surface area contributed by atoms with E-state index in [-0.39, 0.29) is 45.7 Å². The zero-order valence-corrected chi connectivity index (χ0v) is 27.1. The summed E-state index contributed by atoms with van der Waals surface area (Å²) in [7, 11) is 0. The molecule has 0 amide bonds. The van der Waals surface area contributed by atoms with Crippen LogP contribution in [0.25, 0.3) is 109 Å². The van der Waals surface area contributed by atoms with E-state index in [9.17, 15) is 5.48 Å². The van der Waals surface area contributed by atoms with Crippen LogP contribution in [0, 0.1) is 0 Å². The topological polar surface area (TPSA) is 13.1 Å². The van der Waals surface area contributed by atoms with Crippen molar-refractivity contribution in [2.75, 3.05) is 0 Å². The van der Waals surface area contributed by atoms with Crippen molar-refractivity contribution in [3.63, 3.8) is 0 Å². The van der Waals surface area contributed by atoms with Crippen molar-refractivity contribution in [1.29, 1.82) is 0 Å². The lowest BCUT2D eigenvalue weighted by molar-refractivity contribution is 0.669. The maximum absolute atomic E-state index is 9.36. The molecule has 10 aromatic carbocycles. The Kier molecular flexibility index (Phi) is 4.57. The van der Waals surface area contributed by atoms with E-state index in [0.29, 0.717) is 22.3 Å². The Labute approximate surface area is 305 Å². The van der Waals surface area contributed by atoms with Crippen molar-refractivity contribution in [3.8, 4) is 33.4 Å². The van der Waals surface area contributed by atoms with Gasteiger partial charge >= 0.3 is 0 Å². The maximum Gasteiger partial charge on any atom is 0.136 e. The predicted octanol–water partition coefficient (Wildman–Crippen LogP) is 14.4. The Morgan fingerprint density at radius 2 is 0.843 bits per heavy atom. The maximum atomic E-state index is 9.36. The molecule has 0 radical (unpaired) electrons. The molecule has 236 valence electrons. The first-order valence-corrected chi connectivity index (χ1v) is 16.9. The molecule has 0 fully saturated rings. The number of benzene rings is 10. The van der Waals surface area contributed by atoms with Crippen LogP contribution in [0.2, 0.25) is 0 Å². The van der Waals surface area contributed by atoms with Gasteiger partial charge in [-0.1, -0.05) is 151 Å². The summed E-state index contributed by atoms with van der Waals surface area (Å²) in [5.74, 6) is 0. The molecule has 0 aliphatic carbocycles. The summed E-state index contributed by atoms with van der Waals surface area (Å²) in [5, 5.41) is 8.73. The molecule has 11 aromatic rings. The van der Waals surface area contributed by atoms with Crippen LogP contribution in [0.1, 0.15) is 11.0 Å². The monoisotopic (exact) mass is 654 g/mol. The van der Waals surface area contributed by atoms with Gasteiger partial charge in [-0.3, -0.25) is 0 Å². The van der Waals surface area contributed by atoms with Crippen molar-refractivity contribution in [1.82, 2.24) is 0 Å². The number of rotatable bonds is 3. The lowest BCUT2D eigenvalue weighted by Crippen LogP contribution is -1.91. The molecule has 0 saturated heterocycles. The molecule has 0 spiro atoms. The van der Waals surface area contributed by atoms with Crippen LogP contribution in [-0.2, 0) is 0 Å². The van der Waals surface area contributed by atoms with Gasteiger partial charge in [0.05, 0.1) is 11.0 Å². The number of furan rings is 1. The van der Waals surface area contributed by atoms with Gasteiger partial charge in [-0.05, 0) is 118 Å².